The minimum absolute atomic E-state index is 0.167. The van der Waals surface area contributed by atoms with Gasteiger partial charge in [0.25, 0.3) is 0 Å². The third kappa shape index (κ3) is 3.22. The molecule has 0 bridgehead atoms. The Morgan fingerprint density at radius 1 is 1.33 bits per heavy atom. The fourth-order valence-electron chi connectivity index (χ4n) is 2.91. The number of hydrogen-bond donors (Lipinski definition) is 2. The molecule has 1 aromatic rings. The Morgan fingerprint density at radius 3 is 2.83 bits per heavy atom. The van der Waals surface area contributed by atoms with Crippen molar-refractivity contribution in [2.24, 2.45) is 11.8 Å². The van der Waals surface area contributed by atoms with E-state index in [1.54, 1.807) is 0 Å². The molecule has 0 aliphatic heterocycles. The monoisotopic (exact) mass is 251 g/mol. The molecule has 18 heavy (non-hydrogen) atoms. The van der Waals surface area contributed by atoms with Crippen LogP contribution in [-0.4, -0.2) is 11.1 Å². The Kier molecular flexibility index (Phi) is 4.23. The molecule has 1 fully saturated rings. The molecule has 0 amide bonds. The van der Waals surface area contributed by atoms with Crippen molar-refractivity contribution in [2.45, 2.75) is 45.7 Å². The Labute approximate surface area is 108 Å². The third-order valence-electron chi connectivity index (χ3n) is 4.03. The van der Waals surface area contributed by atoms with Crippen molar-refractivity contribution in [1.29, 1.82) is 0 Å². The fourth-order valence-corrected chi connectivity index (χ4v) is 2.91. The lowest BCUT2D eigenvalue weighted by molar-refractivity contribution is 0.226. The second kappa shape index (κ2) is 5.70. The molecule has 1 aromatic carbocycles. The molecule has 0 heterocycles. The molecule has 1 saturated carbocycles. The topological polar surface area (TPSA) is 32.3 Å². The second-order valence-corrected chi connectivity index (χ2v) is 5.66. The number of phenolic OH excluding ortho intramolecular Hbond substituents is 1. The normalized spacial score (nSPS) is 28.3. The van der Waals surface area contributed by atoms with Gasteiger partial charge in [-0.2, -0.15) is 0 Å². The number of rotatable bonds is 3. The van der Waals surface area contributed by atoms with Gasteiger partial charge in [0.2, 0.25) is 0 Å². The number of phenols is 1. The SMILES string of the molecule is CC1CCC(NCc2cc(F)ccc2O)C(C)C1. The Bertz CT molecular complexity index is 407. The van der Waals surface area contributed by atoms with Crippen LogP contribution in [-0.2, 0) is 6.54 Å². The number of aromatic hydroxyl groups is 1. The van der Waals surface area contributed by atoms with Crippen LogP contribution in [0.2, 0.25) is 0 Å². The zero-order valence-corrected chi connectivity index (χ0v) is 11.1. The quantitative estimate of drug-likeness (QED) is 0.862. The van der Waals surface area contributed by atoms with Crippen LogP contribution in [0, 0.1) is 17.7 Å². The van der Waals surface area contributed by atoms with Gasteiger partial charge in [0.15, 0.2) is 0 Å². The largest absolute Gasteiger partial charge is 0.508 e. The van der Waals surface area contributed by atoms with Crippen molar-refractivity contribution in [3.05, 3.63) is 29.6 Å². The van der Waals surface area contributed by atoms with Crippen LogP contribution < -0.4 is 5.32 Å². The highest BCUT2D eigenvalue weighted by molar-refractivity contribution is 5.32. The number of benzene rings is 1. The standard InChI is InChI=1S/C15H22FNO/c1-10-3-5-14(11(2)7-10)17-9-12-8-13(16)4-6-15(12)18/h4,6,8,10-11,14,17-18H,3,5,7,9H2,1-2H3. The highest BCUT2D eigenvalue weighted by Gasteiger charge is 2.24. The zero-order chi connectivity index (χ0) is 13.1. The number of hydrogen-bond acceptors (Lipinski definition) is 2. The summed E-state index contributed by atoms with van der Waals surface area (Å²) in [6.07, 6.45) is 3.66. The molecule has 3 unspecified atom stereocenters. The Hall–Kier alpha value is -1.09. The Balaban J connectivity index is 1.93. The first-order chi connectivity index (χ1) is 8.56. The number of nitrogens with one attached hydrogen (secondary N) is 1. The summed E-state index contributed by atoms with van der Waals surface area (Å²) in [5.41, 5.74) is 0.640. The summed E-state index contributed by atoms with van der Waals surface area (Å²) < 4.78 is 13.1. The first-order valence-corrected chi connectivity index (χ1v) is 6.77. The van der Waals surface area contributed by atoms with E-state index in [4.69, 9.17) is 0 Å². The van der Waals surface area contributed by atoms with Crippen LogP contribution in [0.4, 0.5) is 4.39 Å². The van der Waals surface area contributed by atoms with Gasteiger partial charge in [-0.1, -0.05) is 13.8 Å². The molecule has 3 heteroatoms. The van der Waals surface area contributed by atoms with E-state index in [9.17, 15) is 9.50 Å². The molecule has 0 radical (unpaired) electrons. The molecular formula is C15H22FNO. The predicted octanol–water partition coefficient (Wildman–Crippen LogP) is 3.45. The summed E-state index contributed by atoms with van der Waals surface area (Å²) in [4.78, 5) is 0. The minimum Gasteiger partial charge on any atom is -0.508 e. The average molecular weight is 251 g/mol. The lowest BCUT2D eigenvalue weighted by atomic mass is 9.80. The lowest BCUT2D eigenvalue weighted by Gasteiger charge is -2.33. The van der Waals surface area contributed by atoms with Crippen molar-refractivity contribution in [2.75, 3.05) is 0 Å². The van der Waals surface area contributed by atoms with Crippen LogP contribution in [0.25, 0.3) is 0 Å². The third-order valence-corrected chi connectivity index (χ3v) is 4.03. The van der Waals surface area contributed by atoms with Crippen molar-refractivity contribution >= 4 is 0 Å². The summed E-state index contributed by atoms with van der Waals surface area (Å²) in [6, 6.07) is 4.57. The molecule has 3 atom stereocenters. The molecule has 2 nitrogen and oxygen atoms in total. The maximum Gasteiger partial charge on any atom is 0.123 e. The van der Waals surface area contributed by atoms with E-state index in [0.717, 1.165) is 5.92 Å². The highest BCUT2D eigenvalue weighted by atomic mass is 19.1. The zero-order valence-electron chi connectivity index (χ0n) is 11.1. The molecule has 0 saturated heterocycles. The van der Waals surface area contributed by atoms with Crippen LogP contribution in [0.15, 0.2) is 18.2 Å². The van der Waals surface area contributed by atoms with E-state index in [2.05, 4.69) is 19.2 Å². The van der Waals surface area contributed by atoms with Crippen LogP contribution in [0.3, 0.4) is 0 Å². The van der Waals surface area contributed by atoms with E-state index in [-0.39, 0.29) is 11.6 Å². The van der Waals surface area contributed by atoms with E-state index in [0.29, 0.717) is 24.1 Å². The van der Waals surface area contributed by atoms with E-state index < -0.39 is 0 Å². The van der Waals surface area contributed by atoms with Gasteiger partial charge in [0.1, 0.15) is 11.6 Å². The van der Waals surface area contributed by atoms with E-state index >= 15 is 0 Å². The number of halogens is 1. The molecule has 1 aliphatic rings. The smallest absolute Gasteiger partial charge is 0.123 e. The fraction of sp³-hybridized carbons (Fsp3) is 0.600. The van der Waals surface area contributed by atoms with Gasteiger partial charge in [0.05, 0.1) is 0 Å². The van der Waals surface area contributed by atoms with E-state index in [1.807, 2.05) is 0 Å². The molecule has 2 rings (SSSR count). The van der Waals surface area contributed by atoms with E-state index in [1.165, 1.54) is 37.5 Å². The maximum absolute atomic E-state index is 13.1. The summed E-state index contributed by atoms with van der Waals surface area (Å²) in [7, 11) is 0. The summed E-state index contributed by atoms with van der Waals surface area (Å²) in [5, 5.41) is 13.1. The Morgan fingerprint density at radius 2 is 2.11 bits per heavy atom. The maximum atomic E-state index is 13.1. The molecular weight excluding hydrogens is 229 g/mol. The van der Waals surface area contributed by atoms with Gasteiger partial charge in [-0.05, 0) is 49.3 Å². The van der Waals surface area contributed by atoms with Gasteiger partial charge in [0, 0.05) is 18.2 Å². The minimum atomic E-state index is -0.296. The lowest BCUT2D eigenvalue weighted by Crippen LogP contribution is -2.38. The van der Waals surface area contributed by atoms with Crippen molar-refractivity contribution in [3.63, 3.8) is 0 Å². The predicted molar refractivity (Wildman–Crippen MR) is 70.9 cm³/mol. The van der Waals surface area contributed by atoms with Crippen LogP contribution in [0.5, 0.6) is 5.75 Å². The van der Waals surface area contributed by atoms with Gasteiger partial charge >= 0.3 is 0 Å². The first-order valence-electron chi connectivity index (χ1n) is 6.77. The second-order valence-electron chi connectivity index (χ2n) is 5.66. The molecule has 0 aromatic heterocycles. The summed E-state index contributed by atoms with van der Waals surface area (Å²) >= 11 is 0. The van der Waals surface area contributed by atoms with Gasteiger partial charge in [-0.3, -0.25) is 0 Å². The molecule has 100 valence electrons. The van der Waals surface area contributed by atoms with Crippen molar-refractivity contribution in [3.8, 4) is 5.75 Å². The van der Waals surface area contributed by atoms with Crippen LogP contribution >= 0.6 is 0 Å². The van der Waals surface area contributed by atoms with Crippen LogP contribution in [0.1, 0.15) is 38.7 Å². The molecule has 2 N–H and O–H groups in total. The summed E-state index contributed by atoms with van der Waals surface area (Å²) in [5.74, 6) is 1.32. The first kappa shape index (κ1) is 13.3. The van der Waals surface area contributed by atoms with Gasteiger partial charge in [-0.25, -0.2) is 4.39 Å². The summed E-state index contributed by atoms with van der Waals surface area (Å²) in [6.45, 7) is 5.09. The molecule has 0 spiro atoms. The van der Waals surface area contributed by atoms with Crippen molar-refractivity contribution < 1.29 is 9.50 Å². The molecule has 1 aliphatic carbocycles. The van der Waals surface area contributed by atoms with Gasteiger partial charge in [-0.15, -0.1) is 0 Å². The average Bonchev–Trinajstić information content (AvgIpc) is 2.32. The highest BCUT2D eigenvalue weighted by Crippen LogP contribution is 2.29. The van der Waals surface area contributed by atoms with Crippen molar-refractivity contribution in [1.82, 2.24) is 5.32 Å². The van der Waals surface area contributed by atoms with Gasteiger partial charge < -0.3 is 10.4 Å².